The third kappa shape index (κ3) is 3.80. The Morgan fingerprint density at radius 2 is 1.90 bits per heavy atom. The number of halogens is 3. The number of aryl methyl sites for hydroxylation is 1. The fourth-order valence-electron chi connectivity index (χ4n) is 2.22. The summed E-state index contributed by atoms with van der Waals surface area (Å²) in [6.45, 7) is 4.53. The minimum absolute atomic E-state index is 0.256. The molecule has 0 amide bonds. The minimum Gasteiger partial charge on any atom is -0.306 e. The Bertz CT molecular complexity index is 628. The Morgan fingerprint density at radius 1 is 1.14 bits per heavy atom. The van der Waals surface area contributed by atoms with E-state index in [-0.39, 0.29) is 17.7 Å². The van der Waals surface area contributed by atoms with E-state index in [4.69, 9.17) is 11.6 Å². The molecule has 1 nitrogen and oxygen atoms in total. The quantitative estimate of drug-likeness (QED) is 0.818. The van der Waals surface area contributed by atoms with E-state index < -0.39 is 0 Å². The Balaban J connectivity index is 2.44. The van der Waals surface area contributed by atoms with Crippen molar-refractivity contribution in [3.8, 4) is 0 Å². The van der Waals surface area contributed by atoms with Crippen LogP contribution in [0.15, 0.2) is 36.4 Å². The molecule has 0 saturated carbocycles. The lowest BCUT2D eigenvalue weighted by molar-refractivity contribution is 0.580. The van der Waals surface area contributed by atoms with Crippen molar-refractivity contribution in [3.63, 3.8) is 0 Å². The molecular weight excluding hydrogens is 292 g/mol. The lowest BCUT2D eigenvalue weighted by Gasteiger charge is -2.21. The van der Waals surface area contributed by atoms with E-state index in [9.17, 15) is 8.78 Å². The van der Waals surface area contributed by atoms with Crippen LogP contribution in [0.3, 0.4) is 0 Å². The molecule has 0 saturated heterocycles. The molecule has 0 aromatic heterocycles. The van der Waals surface area contributed by atoms with Gasteiger partial charge in [0.15, 0.2) is 0 Å². The highest BCUT2D eigenvalue weighted by Gasteiger charge is 2.17. The highest BCUT2D eigenvalue weighted by Crippen LogP contribution is 2.29. The predicted molar refractivity (Wildman–Crippen MR) is 82.7 cm³/mol. The Morgan fingerprint density at radius 3 is 2.52 bits per heavy atom. The van der Waals surface area contributed by atoms with Crippen LogP contribution in [0.5, 0.6) is 0 Å². The summed E-state index contributed by atoms with van der Waals surface area (Å²) in [5.41, 5.74) is 2.12. The van der Waals surface area contributed by atoms with Crippen molar-refractivity contribution in [2.45, 2.75) is 26.3 Å². The molecule has 4 heteroatoms. The highest BCUT2D eigenvalue weighted by molar-refractivity contribution is 6.31. The Hall–Kier alpha value is -1.45. The van der Waals surface area contributed by atoms with Gasteiger partial charge in [0.25, 0.3) is 0 Å². The smallest absolute Gasteiger partial charge is 0.126 e. The van der Waals surface area contributed by atoms with Crippen molar-refractivity contribution < 1.29 is 8.78 Å². The first-order chi connectivity index (χ1) is 10.0. The molecule has 21 heavy (non-hydrogen) atoms. The first-order valence-corrected chi connectivity index (χ1v) is 7.35. The molecule has 2 aromatic rings. The number of rotatable bonds is 5. The van der Waals surface area contributed by atoms with Crippen LogP contribution >= 0.6 is 11.6 Å². The van der Waals surface area contributed by atoms with E-state index in [1.807, 2.05) is 13.0 Å². The van der Waals surface area contributed by atoms with Crippen molar-refractivity contribution in [2.24, 2.45) is 0 Å². The van der Waals surface area contributed by atoms with Gasteiger partial charge in [0.05, 0.1) is 6.04 Å². The van der Waals surface area contributed by atoms with Crippen LogP contribution in [0.2, 0.25) is 5.02 Å². The molecule has 2 aromatic carbocycles. The van der Waals surface area contributed by atoms with Gasteiger partial charge in [-0.2, -0.15) is 0 Å². The third-order valence-electron chi connectivity index (χ3n) is 3.40. The summed E-state index contributed by atoms with van der Waals surface area (Å²) >= 11 is 6.15. The molecular formula is C17H18ClF2N. The molecule has 0 spiro atoms. The van der Waals surface area contributed by atoms with Crippen LogP contribution in [0.25, 0.3) is 0 Å². The second-order valence-electron chi connectivity index (χ2n) is 5.06. The minimum atomic E-state index is -0.381. The van der Waals surface area contributed by atoms with Crippen LogP contribution in [-0.4, -0.2) is 6.54 Å². The van der Waals surface area contributed by atoms with Crippen molar-refractivity contribution in [3.05, 3.63) is 69.7 Å². The number of hydrogen-bond donors (Lipinski definition) is 1. The van der Waals surface area contributed by atoms with Crippen molar-refractivity contribution in [1.29, 1.82) is 0 Å². The molecule has 2 rings (SSSR count). The van der Waals surface area contributed by atoms with Gasteiger partial charge in [-0.25, -0.2) is 8.78 Å². The van der Waals surface area contributed by atoms with Gasteiger partial charge in [0.2, 0.25) is 0 Å². The molecule has 0 aliphatic rings. The summed E-state index contributed by atoms with van der Waals surface area (Å²) in [7, 11) is 0. The van der Waals surface area contributed by atoms with Crippen molar-refractivity contribution in [2.75, 3.05) is 6.54 Å². The van der Waals surface area contributed by atoms with E-state index in [1.54, 1.807) is 19.1 Å². The van der Waals surface area contributed by atoms with Crippen LogP contribution in [0, 0.1) is 18.6 Å². The van der Waals surface area contributed by atoms with Gasteiger partial charge in [0, 0.05) is 5.02 Å². The van der Waals surface area contributed by atoms with Crippen LogP contribution in [0.4, 0.5) is 8.78 Å². The van der Waals surface area contributed by atoms with E-state index in [0.29, 0.717) is 10.6 Å². The maximum atomic E-state index is 13.8. The Labute approximate surface area is 128 Å². The van der Waals surface area contributed by atoms with E-state index in [2.05, 4.69) is 5.32 Å². The summed E-state index contributed by atoms with van der Waals surface area (Å²) in [5.74, 6) is -0.637. The first-order valence-electron chi connectivity index (χ1n) is 6.97. The molecule has 1 unspecified atom stereocenters. The van der Waals surface area contributed by atoms with Crippen LogP contribution in [-0.2, 0) is 0 Å². The highest BCUT2D eigenvalue weighted by atomic mass is 35.5. The molecule has 0 heterocycles. The zero-order valence-corrected chi connectivity index (χ0v) is 12.8. The maximum Gasteiger partial charge on any atom is 0.126 e. The van der Waals surface area contributed by atoms with Gasteiger partial charge in [-0.3, -0.25) is 0 Å². The standard InChI is InChI=1S/C17H18ClF2N/c1-3-8-21-17(12-5-4-11(2)16(20)9-12)14-7-6-13(19)10-15(14)18/h4-7,9-10,17,21H,3,8H2,1-2H3. The summed E-state index contributed by atoms with van der Waals surface area (Å²) in [4.78, 5) is 0. The molecule has 1 atom stereocenters. The van der Waals surface area contributed by atoms with Crippen LogP contribution in [0.1, 0.15) is 36.1 Å². The van der Waals surface area contributed by atoms with E-state index in [1.165, 1.54) is 18.2 Å². The maximum absolute atomic E-state index is 13.8. The third-order valence-corrected chi connectivity index (χ3v) is 3.73. The van der Waals surface area contributed by atoms with E-state index in [0.717, 1.165) is 24.1 Å². The SMILES string of the molecule is CCCNC(c1ccc(C)c(F)c1)c1ccc(F)cc1Cl. The molecule has 0 bridgehead atoms. The molecule has 0 fully saturated rings. The molecule has 0 aliphatic carbocycles. The van der Waals surface area contributed by atoms with Crippen molar-refractivity contribution >= 4 is 11.6 Å². The van der Waals surface area contributed by atoms with Gasteiger partial charge < -0.3 is 5.32 Å². The number of hydrogen-bond acceptors (Lipinski definition) is 1. The summed E-state index contributed by atoms with van der Waals surface area (Å²) in [6.07, 6.45) is 0.934. The summed E-state index contributed by atoms with van der Waals surface area (Å²) in [5, 5.41) is 3.67. The number of benzene rings is 2. The molecule has 112 valence electrons. The topological polar surface area (TPSA) is 12.0 Å². The van der Waals surface area contributed by atoms with Crippen molar-refractivity contribution in [1.82, 2.24) is 5.32 Å². The summed E-state index contributed by atoms with van der Waals surface area (Å²) in [6, 6.07) is 9.14. The zero-order valence-electron chi connectivity index (χ0n) is 12.1. The number of nitrogens with one attached hydrogen (secondary N) is 1. The second-order valence-corrected chi connectivity index (χ2v) is 5.47. The van der Waals surface area contributed by atoms with Gasteiger partial charge in [-0.15, -0.1) is 0 Å². The predicted octanol–water partition coefficient (Wildman–Crippen LogP) is 5.02. The average Bonchev–Trinajstić information content (AvgIpc) is 2.44. The van der Waals surface area contributed by atoms with Gasteiger partial charge in [-0.1, -0.05) is 36.7 Å². The zero-order chi connectivity index (χ0) is 15.4. The average molecular weight is 310 g/mol. The molecule has 0 radical (unpaired) electrons. The lowest BCUT2D eigenvalue weighted by Crippen LogP contribution is -2.23. The molecule has 0 aliphatic heterocycles. The Kier molecular flexibility index (Phi) is 5.32. The fraction of sp³-hybridized carbons (Fsp3) is 0.294. The monoisotopic (exact) mass is 309 g/mol. The van der Waals surface area contributed by atoms with Gasteiger partial charge >= 0.3 is 0 Å². The first kappa shape index (κ1) is 15.9. The largest absolute Gasteiger partial charge is 0.306 e. The normalized spacial score (nSPS) is 12.4. The molecule has 1 N–H and O–H groups in total. The van der Waals surface area contributed by atoms with Gasteiger partial charge in [-0.05, 0) is 54.8 Å². The van der Waals surface area contributed by atoms with Gasteiger partial charge in [0.1, 0.15) is 11.6 Å². The second kappa shape index (κ2) is 7.01. The summed E-state index contributed by atoms with van der Waals surface area (Å²) < 4.78 is 27.0. The fourth-order valence-corrected chi connectivity index (χ4v) is 2.50. The lowest BCUT2D eigenvalue weighted by atomic mass is 9.97. The van der Waals surface area contributed by atoms with Crippen LogP contribution < -0.4 is 5.32 Å². The van der Waals surface area contributed by atoms with E-state index >= 15 is 0 Å².